The SMILES string of the molecule is CCc1ccccc1-c1cccnc1Cc1ccc(CCCc2ccccc2)nc1. The highest BCUT2D eigenvalue weighted by Crippen LogP contribution is 2.27. The molecule has 2 aromatic heterocycles. The average molecular weight is 393 g/mol. The molecule has 4 rings (SSSR count). The summed E-state index contributed by atoms with van der Waals surface area (Å²) in [4.78, 5) is 9.42. The van der Waals surface area contributed by atoms with Crippen LogP contribution in [0.15, 0.2) is 91.3 Å². The van der Waals surface area contributed by atoms with Gasteiger partial charge < -0.3 is 0 Å². The minimum absolute atomic E-state index is 0.797. The molecule has 0 N–H and O–H groups in total. The fraction of sp³-hybridized carbons (Fsp3) is 0.214. The molecule has 2 nitrogen and oxygen atoms in total. The van der Waals surface area contributed by atoms with E-state index in [-0.39, 0.29) is 0 Å². The summed E-state index contributed by atoms with van der Waals surface area (Å²) >= 11 is 0. The Kier molecular flexibility index (Phi) is 6.66. The second kappa shape index (κ2) is 9.98. The number of rotatable bonds is 8. The van der Waals surface area contributed by atoms with Gasteiger partial charge in [0.15, 0.2) is 0 Å². The lowest BCUT2D eigenvalue weighted by atomic mass is 9.95. The first-order valence-corrected chi connectivity index (χ1v) is 10.8. The third-order valence-corrected chi connectivity index (χ3v) is 5.58. The summed E-state index contributed by atoms with van der Waals surface area (Å²) < 4.78 is 0. The van der Waals surface area contributed by atoms with Crippen LogP contribution in [0.3, 0.4) is 0 Å². The van der Waals surface area contributed by atoms with Gasteiger partial charge in [0.1, 0.15) is 0 Å². The zero-order valence-corrected chi connectivity index (χ0v) is 17.6. The molecule has 2 heteroatoms. The molecule has 0 aliphatic rings. The van der Waals surface area contributed by atoms with E-state index in [4.69, 9.17) is 9.97 Å². The van der Waals surface area contributed by atoms with Gasteiger partial charge in [-0.2, -0.15) is 0 Å². The van der Waals surface area contributed by atoms with Crippen molar-refractivity contribution in [1.29, 1.82) is 0 Å². The molecule has 2 heterocycles. The molecule has 0 atom stereocenters. The Morgan fingerprint density at radius 1 is 0.667 bits per heavy atom. The smallest absolute Gasteiger partial charge is 0.0526 e. The van der Waals surface area contributed by atoms with Crippen molar-refractivity contribution in [3.63, 3.8) is 0 Å². The standard InChI is InChI=1S/C28H28N2/c1-2-24-13-6-7-15-26(24)27-16-9-19-29-28(27)20-23-17-18-25(30-21-23)14-8-12-22-10-4-3-5-11-22/h3-7,9-11,13,15-19,21H,2,8,12,14,20H2,1H3. The number of aryl methyl sites for hydroxylation is 3. The van der Waals surface area contributed by atoms with E-state index in [1.54, 1.807) is 0 Å². The first-order chi connectivity index (χ1) is 14.8. The number of hydrogen-bond acceptors (Lipinski definition) is 2. The first-order valence-electron chi connectivity index (χ1n) is 10.8. The van der Waals surface area contributed by atoms with Gasteiger partial charge >= 0.3 is 0 Å². The number of aromatic nitrogens is 2. The normalized spacial score (nSPS) is 10.8. The molecule has 0 bridgehead atoms. The quantitative estimate of drug-likeness (QED) is 0.343. The molecule has 0 saturated carbocycles. The summed E-state index contributed by atoms with van der Waals surface area (Å²) in [6.45, 7) is 2.20. The van der Waals surface area contributed by atoms with Gasteiger partial charge in [0.2, 0.25) is 0 Å². The Morgan fingerprint density at radius 2 is 1.47 bits per heavy atom. The van der Waals surface area contributed by atoms with Crippen LogP contribution in [-0.4, -0.2) is 9.97 Å². The molecule has 0 amide bonds. The summed E-state index contributed by atoms with van der Waals surface area (Å²) in [6, 6.07) is 27.9. The van der Waals surface area contributed by atoms with Gasteiger partial charge in [-0.15, -0.1) is 0 Å². The zero-order chi connectivity index (χ0) is 20.6. The van der Waals surface area contributed by atoms with E-state index < -0.39 is 0 Å². The molecule has 4 aromatic rings. The van der Waals surface area contributed by atoms with Gasteiger partial charge in [-0.3, -0.25) is 9.97 Å². The monoisotopic (exact) mass is 392 g/mol. The third kappa shape index (κ3) is 5.01. The van der Waals surface area contributed by atoms with Gasteiger partial charge in [-0.1, -0.05) is 73.7 Å². The van der Waals surface area contributed by atoms with Gasteiger partial charge in [0, 0.05) is 30.1 Å². The van der Waals surface area contributed by atoms with Crippen molar-refractivity contribution in [3.05, 3.63) is 119 Å². The summed E-state index contributed by atoms with van der Waals surface area (Å²) in [5.41, 5.74) is 8.73. The Morgan fingerprint density at radius 3 is 2.27 bits per heavy atom. The summed E-state index contributed by atoms with van der Waals surface area (Å²) in [6.07, 6.45) is 8.94. The first kappa shape index (κ1) is 20.0. The van der Waals surface area contributed by atoms with E-state index in [0.717, 1.165) is 43.5 Å². The van der Waals surface area contributed by atoms with Gasteiger partial charge in [-0.05, 0) is 60.1 Å². The molecular formula is C28H28N2. The summed E-state index contributed by atoms with van der Waals surface area (Å²) in [5, 5.41) is 0. The van der Waals surface area contributed by atoms with Gasteiger partial charge in [-0.25, -0.2) is 0 Å². The van der Waals surface area contributed by atoms with Crippen LogP contribution in [0.5, 0.6) is 0 Å². The molecule has 0 aliphatic carbocycles. The zero-order valence-electron chi connectivity index (χ0n) is 17.6. The predicted molar refractivity (Wildman–Crippen MR) is 125 cm³/mol. The van der Waals surface area contributed by atoms with Crippen LogP contribution in [0.1, 0.15) is 41.4 Å². The second-order valence-corrected chi connectivity index (χ2v) is 7.68. The number of nitrogens with zero attached hydrogens (tertiary/aromatic N) is 2. The molecule has 0 saturated heterocycles. The van der Waals surface area contributed by atoms with Crippen LogP contribution in [0.25, 0.3) is 11.1 Å². The van der Waals surface area contributed by atoms with Gasteiger partial charge in [0.05, 0.1) is 5.69 Å². The minimum Gasteiger partial charge on any atom is -0.261 e. The topological polar surface area (TPSA) is 25.8 Å². The lowest BCUT2D eigenvalue weighted by Gasteiger charge is -2.12. The van der Waals surface area contributed by atoms with E-state index >= 15 is 0 Å². The van der Waals surface area contributed by atoms with E-state index in [1.165, 1.54) is 27.8 Å². The largest absolute Gasteiger partial charge is 0.261 e. The van der Waals surface area contributed by atoms with E-state index in [0.29, 0.717) is 0 Å². The fourth-order valence-electron chi connectivity index (χ4n) is 3.93. The third-order valence-electron chi connectivity index (χ3n) is 5.58. The van der Waals surface area contributed by atoms with Crippen LogP contribution in [0.2, 0.25) is 0 Å². The lowest BCUT2D eigenvalue weighted by Crippen LogP contribution is -1.99. The van der Waals surface area contributed by atoms with E-state index in [2.05, 4.69) is 79.7 Å². The fourth-order valence-corrected chi connectivity index (χ4v) is 3.93. The van der Waals surface area contributed by atoms with Crippen LogP contribution < -0.4 is 0 Å². The maximum absolute atomic E-state index is 4.71. The van der Waals surface area contributed by atoms with Crippen LogP contribution in [0, 0.1) is 0 Å². The molecule has 0 fully saturated rings. The maximum atomic E-state index is 4.71. The highest BCUT2D eigenvalue weighted by atomic mass is 14.7. The second-order valence-electron chi connectivity index (χ2n) is 7.68. The molecule has 0 aliphatic heterocycles. The van der Waals surface area contributed by atoms with Crippen molar-refractivity contribution in [1.82, 2.24) is 9.97 Å². The number of hydrogen-bond donors (Lipinski definition) is 0. The van der Waals surface area contributed by atoms with Crippen LogP contribution in [0.4, 0.5) is 0 Å². The van der Waals surface area contributed by atoms with Crippen LogP contribution >= 0.6 is 0 Å². The number of pyridine rings is 2. The van der Waals surface area contributed by atoms with Crippen LogP contribution in [-0.2, 0) is 25.7 Å². The van der Waals surface area contributed by atoms with Crippen molar-refractivity contribution in [2.24, 2.45) is 0 Å². The Bertz CT molecular complexity index is 1070. The molecule has 150 valence electrons. The van der Waals surface area contributed by atoms with E-state index in [9.17, 15) is 0 Å². The van der Waals surface area contributed by atoms with Crippen molar-refractivity contribution in [2.45, 2.75) is 39.0 Å². The Balaban J connectivity index is 1.44. The molecule has 0 unspecified atom stereocenters. The maximum Gasteiger partial charge on any atom is 0.0526 e. The predicted octanol–water partition coefficient (Wildman–Crippen LogP) is 6.47. The Labute approximate surface area is 179 Å². The highest BCUT2D eigenvalue weighted by molar-refractivity contribution is 5.69. The molecule has 0 radical (unpaired) electrons. The van der Waals surface area contributed by atoms with Crippen molar-refractivity contribution in [3.8, 4) is 11.1 Å². The van der Waals surface area contributed by atoms with Crippen molar-refractivity contribution in [2.75, 3.05) is 0 Å². The van der Waals surface area contributed by atoms with Gasteiger partial charge in [0.25, 0.3) is 0 Å². The molecule has 2 aromatic carbocycles. The summed E-state index contributed by atoms with van der Waals surface area (Å²) in [5.74, 6) is 0. The number of benzene rings is 2. The average Bonchev–Trinajstić information content (AvgIpc) is 2.81. The van der Waals surface area contributed by atoms with Crippen molar-refractivity contribution < 1.29 is 0 Å². The van der Waals surface area contributed by atoms with E-state index in [1.807, 2.05) is 18.5 Å². The highest BCUT2D eigenvalue weighted by Gasteiger charge is 2.10. The molecule has 0 spiro atoms. The lowest BCUT2D eigenvalue weighted by molar-refractivity contribution is 0.797. The molecule has 30 heavy (non-hydrogen) atoms. The molecular weight excluding hydrogens is 364 g/mol. The van der Waals surface area contributed by atoms with Crippen molar-refractivity contribution >= 4 is 0 Å². The summed E-state index contributed by atoms with van der Waals surface area (Å²) in [7, 11) is 0. The Hall–Kier alpha value is -3.26. The minimum atomic E-state index is 0.797.